The van der Waals surface area contributed by atoms with Crippen LogP contribution >= 0.6 is 0 Å². The summed E-state index contributed by atoms with van der Waals surface area (Å²) in [7, 11) is 0. The van der Waals surface area contributed by atoms with E-state index in [0.29, 0.717) is 19.8 Å². The number of aryl methyl sites for hydroxylation is 1. The van der Waals surface area contributed by atoms with Gasteiger partial charge in [-0.3, -0.25) is 9.59 Å². The van der Waals surface area contributed by atoms with Crippen LogP contribution < -0.4 is 10.1 Å². The van der Waals surface area contributed by atoms with E-state index in [1.807, 2.05) is 38.1 Å². The smallest absolute Gasteiger partial charge is 0.308 e. The van der Waals surface area contributed by atoms with Gasteiger partial charge in [0.2, 0.25) is 5.88 Å². The number of rotatable bonds is 10. The number of hydrogen-bond acceptors (Lipinski definition) is 6. The molecule has 1 N–H and O–H groups in total. The third kappa shape index (κ3) is 5.73. The van der Waals surface area contributed by atoms with Crippen LogP contribution in [0.5, 0.6) is 5.88 Å². The molecule has 4 rings (SSSR count). The van der Waals surface area contributed by atoms with Crippen molar-refractivity contribution in [3.8, 4) is 11.6 Å². The van der Waals surface area contributed by atoms with Crippen LogP contribution in [-0.4, -0.2) is 48.1 Å². The van der Waals surface area contributed by atoms with Gasteiger partial charge in [0, 0.05) is 11.5 Å². The quantitative estimate of drug-likeness (QED) is 0.425. The van der Waals surface area contributed by atoms with E-state index in [0.717, 1.165) is 11.1 Å². The van der Waals surface area contributed by atoms with Gasteiger partial charge >= 0.3 is 5.97 Å². The van der Waals surface area contributed by atoms with Crippen LogP contribution in [0.25, 0.3) is 5.69 Å². The van der Waals surface area contributed by atoms with E-state index in [-0.39, 0.29) is 35.7 Å². The SMILES string of the molecule is CCOC(=O)CC(NC(=O)c1cc(OCC2(C)COC2)n(-c2ccccc2F)n1)c1ccccc1C. The van der Waals surface area contributed by atoms with Crippen molar-refractivity contribution in [1.82, 2.24) is 15.1 Å². The largest absolute Gasteiger partial charge is 0.477 e. The number of nitrogens with one attached hydrogen (secondary N) is 1. The lowest BCUT2D eigenvalue weighted by Crippen LogP contribution is -2.44. The molecule has 0 saturated carbocycles. The molecule has 1 unspecified atom stereocenters. The number of carbonyl (C=O) groups excluding carboxylic acids is 2. The highest BCUT2D eigenvalue weighted by Crippen LogP contribution is 2.29. The Morgan fingerprint density at radius 1 is 1.19 bits per heavy atom. The molecule has 2 aromatic carbocycles. The molecule has 0 radical (unpaired) electrons. The van der Waals surface area contributed by atoms with Crippen LogP contribution in [0.15, 0.2) is 54.6 Å². The molecule has 36 heavy (non-hydrogen) atoms. The first-order valence-electron chi connectivity index (χ1n) is 11.9. The van der Waals surface area contributed by atoms with Crippen molar-refractivity contribution < 1.29 is 28.2 Å². The molecule has 190 valence electrons. The van der Waals surface area contributed by atoms with Gasteiger partial charge in [-0.25, -0.2) is 4.39 Å². The Balaban J connectivity index is 1.63. The summed E-state index contributed by atoms with van der Waals surface area (Å²) in [6, 6.07) is 14.5. The first-order chi connectivity index (χ1) is 17.3. The highest BCUT2D eigenvalue weighted by Gasteiger charge is 2.35. The van der Waals surface area contributed by atoms with Crippen LogP contribution in [0.4, 0.5) is 4.39 Å². The van der Waals surface area contributed by atoms with E-state index < -0.39 is 23.7 Å². The van der Waals surface area contributed by atoms with Crippen LogP contribution in [-0.2, 0) is 14.3 Å². The minimum atomic E-state index is -0.633. The molecule has 0 aliphatic carbocycles. The molecule has 0 bridgehead atoms. The van der Waals surface area contributed by atoms with Crippen molar-refractivity contribution in [2.24, 2.45) is 5.41 Å². The third-order valence-electron chi connectivity index (χ3n) is 6.00. The lowest BCUT2D eigenvalue weighted by atomic mass is 9.90. The zero-order chi connectivity index (χ0) is 25.7. The summed E-state index contributed by atoms with van der Waals surface area (Å²) in [6.07, 6.45) is -0.0415. The molecule has 3 aromatic rings. The van der Waals surface area contributed by atoms with Crippen molar-refractivity contribution in [1.29, 1.82) is 0 Å². The lowest BCUT2D eigenvalue weighted by molar-refractivity contribution is -0.143. The number of esters is 1. The Kier molecular flexibility index (Phi) is 7.69. The lowest BCUT2D eigenvalue weighted by Gasteiger charge is -2.37. The predicted octanol–water partition coefficient (Wildman–Crippen LogP) is 4.16. The maximum Gasteiger partial charge on any atom is 0.308 e. The topological polar surface area (TPSA) is 91.7 Å². The Morgan fingerprint density at radius 2 is 1.92 bits per heavy atom. The van der Waals surface area contributed by atoms with Crippen LogP contribution in [0.3, 0.4) is 0 Å². The second-order valence-corrected chi connectivity index (χ2v) is 9.21. The number of para-hydroxylation sites is 1. The molecule has 1 aromatic heterocycles. The molecule has 1 saturated heterocycles. The second-order valence-electron chi connectivity index (χ2n) is 9.21. The van der Waals surface area contributed by atoms with Gasteiger partial charge < -0.3 is 19.5 Å². The maximum atomic E-state index is 14.6. The number of hydrogen-bond donors (Lipinski definition) is 1. The van der Waals surface area contributed by atoms with Crippen LogP contribution in [0, 0.1) is 18.2 Å². The Bertz CT molecular complexity index is 1240. The van der Waals surface area contributed by atoms with Gasteiger partial charge in [-0.1, -0.05) is 43.3 Å². The fraction of sp³-hybridized carbons (Fsp3) is 0.370. The summed E-state index contributed by atoms with van der Waals surface area (Å²) in [5.74, 6) is -1.22. The van der Waals surface area contributed by atoms with Crippen molar-refractivity contribution in [3.05, 3.63) is 77.2 Å². The van der Waals surface area contributed by atoms with E-state index in [9.17, 15) is 14.0 Å². The molecular weight excluding hydrogens is 465 g/mol. The molecule has 0 spiro atoms. The summed E-state index contributed by atoms with van der Waals surface area (Å²) >= 11 is 0. The van der Waals surface area contributed by atoms with E-state index in [4.69, 9.17) is 14.2 Å². The number of carbonyl (C=O) groups is 2. The average molecular weight is 496 g/mol. The number of amides is 1. The summed E-state index contributed by atoms with van der Waals surface area (Å²) < 4.78 is 32.3. The first kappa shape index (κ1) is 25.4. The van der Waals surface area contributed by atoms with Gasteiger partial charge in [0.1, 0.15) is 11.5 Å². The van der Waals surface area contributed by atoms with Gasteiger partial charge in [-0.05, 0) is 37.1 Å². The summed E-state index contributed by atoms with van der Waals surface area (Å²) in [6.45, 7) is 7.33. The molecule has 1 fully saturated rings. The highest BCUT2D eigenvalue weighted by atomic mass is 19.1. The summed E-state index contributed by atoms with van der Waals surface area (Å²) in [4.78, 5) is 25.6. The van der Waals surface area contributed by atoms with Gasteiger partial charge in [0.15, 0.2) is 5.69 Å². The predicted molar refractivity (Wildman–Crippen MR) is 131 cm³/mol. The molecule has 1 aliphatic rings. The fourth-order valence-corrected chi connectivity index (χ4v) is 3.99. The monoisotopic (exact) mass is 495 g/mol. The van der Waals surface area contributed by atoms with E-state index >= 15 is 0 Å². The Morgan fingerprint density at radius 3 is 2.58 bits per heavy atom. The first-order valence-corrected chi connectivity index (χ1v) is 11.9. The van der Waals surface area contributed by atoms with E-state index in [1.165, 1.54) is 16.8 Å². The van der Waals surface area contributed by atoms with E-state index in [2.05, 4.69) is 10.4 Å². The van der Waals surface area contributed by atoms with Crippen LogP contribution in [0.1, 0.15) is 47.9 Å². The van der Waals surface area contributed by atoms with Gasteiger partial charge in [0.05, 0.1) is 38.9 Å². The molecule has 1 atom stereocenters. The maximum absolute atomic E-state index is 14.6. The summed E-state index contributed by atoms with van der Waals surface area (Å²) in [5.41, 5.74) is 1.74. The standard InChI is InChI=1S/C27H30FN3O5/c1-4-35-25(32)14-21(19-10-6-5-9-18(19)2)29-26(33)22-13-24(36-17-27(3)15-34-16-27)31(30-22)23-12-8-7-11-20(23)28/h5-13,21H,4,14-17H2,1-3H3,(H,29,33). The Hall–Kier alpha value is -3.72. The normalized spacial score (nSPS) is 15.0. The number of benzene rings is 2. The number of aromatic nitrogens is 2. The van der Waals surface area contributed by atoms with Crippen LogP contribution in [0.2, 0.25) is 0 Å². The van der Waals surface area contributed by atoms with Crippen molar-refractivity contribution in [2.75, 3.05) is 26.4 Å². The minimum absolute atomic E-state index is 0.0331. The molecule has 8 nitrogen and oxygen atoms in total. The van der Waals surface area contributed by atoms with Gasteiger partial charge in [0.25, 0.3) is 5.91 Å². The number of ether oxygens (including phenoxy) is 3. The molecule has 1 amide bonds. The average Bonchev–Trinajstić information content (AvgIpc) is 3.26. The zero-order valence-electron chi connectivity index (χ0n) is 20.6. The molecule has 2 heterocycles. The summed E-state index contributed by atoms with van der Waals surface area (Å²) in [5, 5.41) is 7.26. The number of nitrogens with zero attached hydrogens (tertiary/aromatic N) is 2. The molecule has 1 aliphatic heterocycles. The highest BCUT2D eigenvalue weighted by molar-refractivity contribution is 5.93. The Labute approximate surface area is 209 Å². The molecular formula is C27H30FN3O5. The van der Waals surface area contributed by atoms with Gasteiger partial charge in [-0.2, -0.15) is 9.78 Å². The molecule has 9 heteroatoms. The third-order valence-corrected chi connectivity index (χ3v) is 6.00. The van der Waals surface area contributed by atoms with Gasteiger partial charge in [-0.15, -0.1) is 0 Å². The number of halogens is 1. The zero-order valence-corrected chi connectivity index (χ0v) is 20.6. The van der Waals surface area contributed by atoms with Crippen molar-refractivity contribution >= 4 is 11.9 Å². The van der Waals surface area contributed by atoms with Crippen molar-refractivity contribution in [3.63, 3.8) is 0 Å². The minimum Gasteiger partial charge on any atom is -0.477 e. The second kappa shape index (κ2) is 10.9. The van der Waals surface area contributed by atoms with E-state index in [1.54, 1.807) is 25.1 Å². The fourth-order valence-electron chi connectivity index (χ4n) is 3.99. The van der Waals surface area contributed by atoms with Crippen molar-refractivity contribution in [2.45, 2.75) is 33.2 Å².